The normalized spacial score (nSPS) is 25.9. The molecule has 0 aromatic rings. The molecule has 1 spiro atoms. The zero-order valence-corrected chi connectivity index (χ0v) is 10.9. The molecule has 1 unspecified atom stereocenters. The Morgan fingerprint density at radius 2 is 2.12 bits per heavy atom. The molecule has 1 aliphatic carbocycles. The van der Waals surface area contributed by atoms with E-state index < -0.39 is 0 Å². The third-order valence-corrected chi connectivity index (χ3v) is 3.94. The Morgan fingerprint density at radius 3 is 2.75 bits per heavy atom. The summed E-state index contributed by atoms with van der Waals surface area (Å²) < 4.78 is 0. The van der Waals surface area contributed by atoms with E-state index in [1.165, 1.54) is 12.8 Å². The van der Waals surface area contributed by atoms with Crippen molar-refractivity contribution in [2.24, 2.45) is 11.3 Å². The largest absolute Gasteiger partial charge is 0.356 e. The Kier molecular flexibility index (Phi) is 5.06. The van der Waals surface area contributed by atoms with E-state index in [1.807, 2.05) is 0 Å². The highest BCUT2D eigenvalue weighted by Crippen LogP contribution is 2.58. The number of piperidine rings is 1. The molecular weight excluding hydrogens is 224 g/mol. The van der Waals surface area contributed by atoms with Crippen LogP contribution in [-0.2, 0) is 4.79 Å². The van der Waals surface area contributed by atoms with Crippen molar-refractivity contribution in [3.8, 4) is 0 Å². The minimum Gasteiger partial charge on any atom is -0.356 e. The van der Waals surface area contributed by atoms with Crippen molar-refractivity contribution in [2.75, 3.05) is 19.6 Å². The van der Waals surface area contributed by atoms with Gasteiger partial charge in [0.25, 0.3) is 0 Å². The van der Waals surface area contributed by atoms with Crippen LogP contribution in [0.5, 0.6) is 0 Å². The lowest BCUT2D eigenvalue weighted by molar-refractivity contribution is -0.123. The lowest BCUT2D eigenvalue weighted by Crippen LogP contribution is -2.34. The summed E-state index contributed by atoms with van der Waals surface area (Å²) in [5, 5.41) is 6.42. The number of carbonyl (C=O) groups is 1. The number of nitrogens with one attached hydrogen (secondary N) is 2. The maximum absolute atomic E-state index is 11.8. The highest BCUT2D eigenvalue weighted by atomic mass is 35.5. The van der Waals surface area contributed by atoms with Crippen molar-refractivity contribution in [3.63, 3.8) is 0 Å². The van der Waals surface area contributed by atoms with Crippen molar-refractivity contribution < 1.29 is 4.79 Å². The molecule has 3 nitrogen and oxygen atoms in total. The van der Waals surface area contributed by atoms with Crippen LogP contribution in [0.25, 0.3) is 0 Å². The van der Waals surface area contributed by atoms with E-state index in [0.717, 1.165) is 38.9 Å². The molecule has 2 rings (SSSR count). The van der Waals surface area contributed by atoms with Gasteiger partial charge in [-0.1, -0.05) is 13.3 Å². The first-order chi connectivity index (χ1) is 7.28. The highest BCUT2D eigenvalue weighted by molar-refractivity contribution is 5.85. The van der Waals surface area contributed by atoms with E-state index in [1.54, 1.807) is 0 Å². The van der Waals surface area contributed by atoms with Crippen LogP contribution in [0.2, 0.25) is 0 Å². The number of carbonyl (C=O) groups excluding carboxylic acids is 1. The molecule has 2 aliphatic rings. The molecule has 0 aromatic carbocycles. The SMILES string of the molecule is CCCCNC(=O)C1CC12CCNCC2.Cl. The fraction of sp³-hybridized carbons (Fsp3) is 0.917. The Labute approximate surface area is 104 Å². The Morgan fingerprint density at radius 1 is 1.44 bits per heavy atom. The van der Waals surface area contributed by atoms with E-state index >= 15 is 0 Å². The van der Waals surface area contributed by atoms with E-state index in [4.69, 9.17) is 0 Å². The number of hydrogen-bond donors (Lipinski definition) is 2. The van der Waals surface area contributed by atoms with Gasteiger partial charge in [0, 0.05) is 12.5 Å². The molecule has 1 amide bonds. The van der Waals surface area contributed by atoms with E-state index in [-0.39, 0.29) is 12.4 Å². The first kappa shape index (κ1) is 13.8. The van der Waals surface area contributed by atoms with Gasteiger partial charge in [0.1, 0.15) is 0 Å². The number of hydrogen-bond acceptors (Lipinski definition) is 2. The van der Waals surface area contributed by atoms with E-state index in [0.29, 0.717) is 17.2 Å². The molecule has 1 saturated heterocycles. The lowest BCUT2D eigenvalue weighted by atomic mass is 9.92. The van der Waals surface area contributed by atoms with E-state index in [9.17, 15) is 4.79 Å². The van der Waals surface area contributed by atoms with Gasteiger partial charge in [0.2, 0.25) is 5.91 Å². The van der Waals surface area contributed by atoms with Gasteiger partial charge in [0.15, 0.2) is 0 Å². The predicted molar refractivity (Wildman–Crippen MR) is 67.8 cm³/mol. The van der Waals surface area contributed by atoms with Crippen molar-refractivity contribution >= 4 is 18.3 Å². The fourth-order valence-electron chi connectivity index (χ4n) is 2.71. The first-order valence-electron chi connectivity index (χ1n) is 6.27. The zero-order chi connectivity index (χ0) is 10.7. The molecule has 0 radical (unpaired) electrons. The molecule has 1 atom stereocenters. The minimum absolute atomic E-state index is 0. The number of rotatable bonds is 4. The summed E-state index contributed by atoms with van der Waals surface area (Å²) in [6.45, 7) is 5.20. The fourth-order valence-corrected chi connectivity index (χ4v) is 2.71. The van der Waals surface area contributed by atoms with Crippen molar-refractivity contribution in [1.29, 1.82) is 0 Å². The van der Waals surface area contributed by atoms with Crippen LogP contribution in [0.3, 0.4) is 0 Å². The standard InChI is InChI=1S/C12H22N2O.ClH/c1-2-3-6-14-11(15)10-9-12(10)4-7-13-8-5-12;/h10,13H,2-9H2,1H3,(H,14,15);1H. The van der Waals surface area contributed by atoms with Crippen LogP contribution in [-0.4, -0.2) is 25.5 Å². The second kappa shape index (κ2) is 5.87. The highest BCUT2D eigenvalue weighted by Gasteiger charge is 2.57. The van der Waals surface area contributed by atoms with E-state index in [2.05, 4.69) is 17.6 Å². The zero-order valence-electron chi connectivity index (χ0n) is 10.1. The summed E-state index contributed by atoms with van der Waals surface area (Å²) in [5.74, 6) is 0.641. The molecule has 4 heteroatoms. The van der Waals surface area contributed by atoms with Gasteiger partial charge in [-0.2, -0.15) is 0 Å². The van der Waals surface area contributed by atoms with Gasteiger partial charge in [-0.25, -0.2) is 0 Å². The monoisotopic (exact) mass is 246 g/mol. The Bertz CT molecular complexity index is 239. The third kappa shape index (κ3) is 2.89. The number of halogens is 1. The first-order valence-corrected chi connectivity index (χ1v) is 6.27. The summed E-state index contributed by atoms with van der Waals surface area (Å²) in [6, 6.07) is 0. The Hall–Kier alpha value is -0.280. The minimum atomic E-state index is 0. The average Bonchev–Trinajstić information content (AvgIpc) is 2.94. The Balaban J connectivity index is 0.00000128. The number of amides is 1. The molecule has 94 valence electrons. The quantitative estimate of drug-likeness (QED) is 0.742. The molecule has 1 heterocycles. The van der Waals surface area contributed by atoms with Gasteiger partial charge in [0.05, 0.1) is 0 Å². The molecule has 16 heavy (non-hydrogen) atoms. The molecular formula is C12H23ClN2O. The average molecular weight is 247 g/mol. The smallest absolute Gasteiger partial charge is 0.223 e. The van der Waals surface area contributed by atoms with Crippen LogP contribution in [0.15, 0.2) is 0 Å². The van der Waals surface area contributed by atoms with Crippen LogP contribution in [0.1, 0.15) is 39.0 Å². The number of unbranched alkanes of at least 4 members (excludes halogenated alkanes) is 1. The summed E-state index contributed by atoms with van der Waals surface area (Å²) in [6.07, 6.45) is 5.78. The second-order valence-electron chi connectivity index (χ2n) is 5.01. The maximum atomic E-state index is 11.8. The molecule has 2 fully saturated rings. The van der Waals surface area contributed by atoms with Gasteiger partial charge in [-0.05, 0) is 44.2 Å². The second-order valence-corrected chi connectivity index (χ2v) is 5.01. The topological polar surface area (TPSA) is 41.1 Å². The van der Waals surface area contributed by atoms with Crippen molar-refractivity contribution in [2.45, 2.75) is 39.0 Å². The van der Waals surface area contributed by atoms with Crippen LogP contribution < -0.4 is 10.6 Å². The van der Waals surface area contributed by atoms with Gasteiger partial charge >= 0.3 is 0 Å². The molecule has 0 bridgehead atoms. The molecule has 1 saturated carbocycles. The van der Waals surface area contributed by atoms with Gasteiger partial charge < -0.3 is 10.6 Å². The van der Waals surface area contributed by atoms with Gasteiger partial charge in [-0.15, -0.1) is 12.4 Å². The van der Waals surface area contributed by atoms with Crippen LogP contribution >= 0.6 is 12.4 Å². The third-order valence-electron chi connectivity index (χ3n) is 3.94. The van der Waals surface area contributed by atoms with Gasteiger partial charge in [-0.3, -0.25) is 4.79 Å². The predicted octanol–water partition coefficient (Wildman–Crippen LogP) is 1.71. The van der Waals surface area contributed by atoms with Crippen molar-refractivity contribution in [1.82, 2.24) is 10.6 Å². The molecule has 2 N–H and O–H groups in total. The summed E-state index contributed by atoms with van der Waals surface area (Å²) in [7, 11) is 0. The maximum Gasteiger partial charge on any atom is 0.223 e. The summed E-state index contributed by atoms with van der Waals surface area (Å²) in [5.41, 5.74) is 0.390. The van der Waals surface area contributed by atoms with Crippen molar-refractivity contribution in [3.05, 3.63) is 0 Å². The molecule has 0 aromatic heterocycles. The summed E-state index contributed by atoms with van der Waals surface area (Å²) in [4.78, 5) is 11.8. The van der Waals surface area contributed by atoms with Crippen LogP contribution in [0.4, 0.5) is 0 Å². The van der Waals surface area contributed by atoms with Crippen LogP contribution in [0, 0.1) is 11.3 Å². The lowest BCUT2D eigenvalue weighted by Gasteiger charge is -2.23. The summed E-state index contributed by atoms with van der Waals surface area (Å²) >= 11 is 0. The molecule has 1 aliphatic heterocycles.